The van der Waals surface area contributed by atoms with E-state index in [0.717, 1.165) is 42.9 Å². The van der Waals surface area contributed by atoms with Crippen molar-refractivity contribution in [1.29, 1.82) is 0 Å². The van der Waals surface area contributed by atoms with E-state index in [2.05, 4.69) is 51.6 Å². The van der Waals surface area contributed by atoms with Crippen molar-refractivity contribution in [1.82, 2.24) is 25.2 Å². The Hall–Kier alpha value is -2.24. The fraction of sp³-hybridized carbons (Fsp3) is 0.455. The summed E-state index contributed by atoms with van der Waals surface area (Å²) in [4.78, 5) is 15.8. The molecule has 0 bridgehead atoms. The molecule has 5 rings (SSSR count). The zero-order valence-corrected chi connectivity index (χ0v) is 15.7. The van der Waals surface area contributed by atoms with Crippen molar-refractivity contribution < 1.29 is 0 Å². The molecule has 1 saturated heterocycles. The van der Waals surface area contributed by atoms with Gasteiger partial charge in [0.05, 0.1) is 29.3 Å². The largest absolute Gasteiger partial charge is 0.341 e. The number of H-pyrrole nitrogens is 1. The number of nitrogens with one attached hydrogen (secondary N) is 2. The van der Waals surface area contributed by atoms with Gasteiger partial charge < -0.3 is 10.3 Å². The lowest BCUT2D eigenvalue weighted by Gasteiger charge is -2.36. The monoisotopic (exact) mass is 361 g/mol. The number of aromatic nitrogens is 3. The van der Waals surface area contributed by atoms with Gasteiger partial charge in [0.15, 0.2) is 0 Å². The van der Waals surface area contributed by atoms with Crippen LogP contribution in [0.15, 0.2) is 42.6 Å². The second-order valence-electron chi connectivity index (χ2n) is 7.88. The van der Waals surface area contributed by atoms with Gasteiger partial charge in [0, 0.05) is 18.8 Å². The molecule has 0 amide bonds. The third kappa shape index (κ3) is 3.49. The van der Waals surface area contributed by atoms with E-state index in [9.17, 15) is 0 Å². The Morgan fingerprint density at radius 3 is 2.93 bits per heavy atom. The topological polar surface area (TPSA) is 56.8 Å². The molecule has 1 aliphatic heterocycles. The number of rotatable bonds is 5. The van der Waals surface area contributed by atoms with Crippen LogP contribution in [0.5, 0.6) is 0 Å². The molecule has 140 valence electrons. The SMILES string of the molecule is c1cnc2c(c1)CCC[C@@H]2N(Cc1nc2ccccc2[nH]1)CC1CCCN1. The number of hydrogen-bond acceptors (Lipinski definition) is 4. The minimum Gasteiger partial charge on any atom is -0.341 e. The number of pyridine rings is 1. The molecule has 0 radical (unpaired) electrons. The fourth-order valence-corrected chi connectivity index (χ4v) is 4.71. The minimum atomic E-state index is 0.380. The number of hydrogen-bond donors (Lipinski definition) is 2. The van der Waals surface area contributed by atoms with E-state index in [-0.39, 0.29) is 0 Å². The molecule has 3 aromatic rings. The standard InChI is InChI=1S/C22H27N5/c1-2-10-19-18(9-1)25-21(26-19)15-27(14-17-8-5-12-23-17)20-11-3-6-16-7-4-13-24-22(16)20/h1-2,4,7,9-10,13,17,20,23H,3,5-6,8,11-12,14-15H2,(H,25,26)/t17?,20-/m0/s1. The highest BCUT2D eigenvalue weighted by molar-refractivity contribution is 5.74. The third-order valence-electron chi connectivity index (χ3n) is 6.01. The van der Waals surface area contributed by atoms with E-state index in [4.69, 9.17) is 9.97 Å². The lowest BCUT2D eigenvalue weighted by Crippen LogP contribution is -2.40. The highest BCUT2D eigenvalue weighted by Gasteiger charge is 2.30. The first-order valence-corrected chi connectivity index (χ1v) is 10.2. The lowest BCUT2D eigenvalue weighted by molar-refractivity contribution is 0.148. The van der Waals surface area contributed by atoms with Crippen molar-refractivity contribution in [3.63, 3.8) is 0 Å². The van der Waals surface area contributed by atoms with Crippen LogP contribution in [0.25, 0.3) is 11.0 Å². The molecular weight excluding hydrogens is 334 g/mol. The van der Waals surface area contributed by atoms with Gasteiger partial charge in [-0.05, 0) is 62.4 Å². The predicted molar refractivity (Wildman–Crippen MR) is 107 cm³/mol. The summed E-state index contributed by atoms with van der Waals surface area (Å²) in [6, 6.07) is 13.6. The maximum absolute atomic E-state index is 4.84. The van der Waals surface area contributed by atoms with Crippen LogP contribution in [-0.4, -0.2) is 39.0 Å². The van der Waals surface area contributed by atoms with Gasteiger partial charge in [0.25, 0.3) is 0 Å². The molecule has 27 heavy (non-hydrogen) atoms. The number of para-hydroxylation sites is 2. The Morgan fingerprint density at radius 2 is 2.04 bits per heavy atom. The summed E-state index contributed by atoms with van der Waals surface area (Å²) in [5.41, 5.74) is 4.86. The first kappa shape index (κ1) is 16.9. The van der Waals surface area contributed by atoms with Crippen molar-refractivity contribution in [3.8, 4) is 0 Å². The van der Waals surface area contributed by atoms with Crippen molar-refractivity contribution in [2.24, 2.45) is 0 Å². The summed E-state index contributed by atoms with van der Waals surface area (Å²) in [5, 5.41) is 3.67. The number of aromatic amines is 1. The molecule has 5 heteroatoms. The van der Waals surface area contributed by atoms with Crippen molar-refractivity contribution in [2.45, 2.75) is 50.7 Å². The lowest BCUT2D eigenvalue weighted by atomic mass is 9.90. The van der Waals surface area contributed by atoms with Gasteiger partial charge in [0.1, 0.15) is 5.82 Å². The molecule has 2 N–H and O–H groups in total. The summed E-state index contributed by atoms with van der Waals surface area (Å²) in [5.74, 6) is 1.05. The van der Waals surface area contributed by atoms with Crippen LogP contribution in [0.4, 0.5) is 0 Å². The Morgan fingerprint density at radius 1 is 1.07 bits per heavy atom. The highest BCUT2D eigenvalue weighted by Crippen LogP contribution is 2.34. The first-order valence-electron chi connectivity index (χ1n) is 10.2. The van der Waals surface area contributed by atoms with Crippen LogP contribution in [0.2, 0.25) is 0 Å². The van der Waals surface area contributed by atoms with Crippen molar-refractivity contribution in [2.75, 3.05) is 13.1 Å². The molecule has 0 saturated carbocycles. The van der Waals surface area contributed by atoms with Gasteiger partial charge in [0.2, 0.25) is 0 Å². The molecule has 1 fully saturated rings. The second kappa shape index (κ2) is 7.41. The maximum atomic E-state index is 4.84. The Kier molecular flexibility index (Phi) is 4.64. The van der Waals surface area contributed by atoms with E-state index in [0.29, 0.717) is 12.1 Å². The van der Waals surface area contributed by atoms with Gasteiger partial charge in [-0.2, -0.15) is 0 Å². The minimum absolute atomic E-state index is 0.380. The van der Waals surface area contributed by atoms with Gasteiger partial charge in [-0.3, -0.25) is 9.88 Å². The summed E-state index contributed by atoms with van der Waals surface area (Å²) in [7, 11) is 0. The van der Waals surface area contributed by atoms with E-state index < -0.39 is 0 Å². The quantitative estimate of drug-likeness (QED) is 0.729. The molecule has 5 nitrogen and oxygen atoms in total. The van der Waals surface area contributed by atoms with E-state index in [1.54, 1.807) is 0 Å². The van der Waals surface area contributed by atoms with Gasteiger partial charge in [-0.25, -0.2) is 4.98 Å². The molecule has 0 spiro atoms. The Bertz CT molecular complexity index is 879. The van der Waals surface area contributed by atoms with Crippen LogP contribution >= 0.6 is 0 Å². The number of imidazole rings is 1. The normalized spacial score (nSPS) is 22.4. The number of benzene rings is 1. The van der Waals surface area contributed by atoms with Crippen LogP contribution in [-0.2, 0) is 13.0 Å². The fourth-order valence-electron chi connectivity index (χ4n) is 4.71. The first-order chi connectivity index (χ1) is 13.4. The zero-order chi connectivity index (χ0) is 18.1. The Balaban J connectivity index is 1.45. The van der Waals surface area contributed by atoms with Gasteiger partial charge in [-0.1, -0.05) is 18.2 Å². The van der Waals surface area contributed by atoms with Gasteiger partial charge in [-0.15, -0.1) is 0 Å². The van der Waals surface area contributed by atoms with Crippen LogP contribution in [0.1, 0.15) is 48.8 Å². The van der Waals surface area contributed by atoms with Crippen LogP contribution in [0.3, 0.4) is 0 Å². The molecule has 1 aromatic carbocycles. The van der Waals surface area contributed by atoms with Crippen LogP contribution < -0.4 is 5.32 Å². The maximum Gasteiger partial charge on any atom is 0.121 e. The van der Waals surface area contributed by atoms with Crippen molar-refractivity contribution >= 4 is 11.0 Å². The number of aryl methyl sites for hydroxylation is 1. The molecule has 2 aromatic heterocycles. The Labute approximate surface area is 160 Å². The highest BCUT2D eigenvalue weighted by atomic mass is 15.2. The third-order valence-corrected chi connectivity index (χ3v) is 6.01. The molecule has 1 aliphatic carbocycles. The molecule has 1 unspecified atom stereocenters. The molecule has 2 aliphatic rings. The summed E-state index contributed by atoms with van der Waals surface area (Å²) in [6.07, 6.45) is 8.06. The van der Waals surface area contributed by atoms with Crippen molar-refractivity contribution in [3.05, 3.63) is 59.7 Å². The summed E-state index contributed by atoms with van der Waals surface area (Å²) < 4.78 is 0. The molecular formula is C22H27N5. The summed E-state index contributed by atoms with van der Waals surface area (Å²) in [6.45, 7) is 3.04. The smallest absolute Gasteiger partial charge is 0.121 e. The van der Waals surface area contributed by atoms with Gasteiger partial charge >= 0.3 is 0 Å². The average Bonchev–Trinajstić information content (AvgIpc) is 3.36. The molecule has 3 heterocycles. The average molecular weight is 361 g/mol. The predicted octanol–water partition coefficient (Wildman–Crippen LogP) is 3.59. The summed E-state index contributed by atoms with van der Waals surface area (Å²) >= 11 is 0. The van der Waals surface area contributed by atoms with E-state index in [1.807, 2.05) is 6.20 Å². The van der Waals surface area contributed by atoms with E-state index >= 15 is 0 Å². The van der Waals surface area contributed by atoms with Crippen LogP contribution in [0, 0.1) is 0 Å². The number of nitrogens with zero attached hydrogens (tertiary/aromatic N) is 3. The molecule has 2 atom stereocenters. The number of fused-ring (bicyclic) bond motifs is 2. The zero-order valence-electron chi connectivity index (χ0n) is 15.7. The van der Waals surface area contributed by atoms with E-state index in [1.165, 1.54) is 36.9 Å². The second-order valence-corrected chi connectivity index (χ2v) is 7.88.